The molecule has 17 heavy (non-hydrogen) atoms. The number of alkyl halides is 3. The standard InChI is InChI=1S/C12H11F3O2/c13-12(14,15)10-1-3-11(4-2-10)17-7-9-5-8(9)6-16/h1-4,6,8-9H,5,7H2. The van der Waals surface area contributed by atoms with E-state index in [1.54, 1.807) is 0 Å². The monoisotopic (exact) mass is 244 g/mol. The summed E-state index contributed by atoms with van der Waals surface area (Å²) in [7, 11) is 0. The third-order valence-corrected chi connectivity index (χ3v) is 2.80. The minimum absolute atomic E-state index is 0.0597. The molecule has 1 aliphatic carbocycles. The third kappa shape index (κ3) is 2.99. The van der Waals surface area contributed by atoms with E-state index in [4.69, 9.17) is 4.74 Å². The van der Waals surface area contributed by atoms with Crippen molar-refractivity contribution in [1.82, 2.24) is 0 Å². The average Bonchev–Trinajstić information content (AvgIpc) is 3.04. The summed E-state index contributed by atoms with van der Waals surface area (Å²) in [6.45, 7) is 0.384. The van der Waals surface area contributed by atoms with Crippen LogP contribution in [0.5, 0.6) is 5.75 Å². The molecule has 92 valence electrons. The lowest BCUT2D eigenvalue weighted by molar-refractivity contribution is -0.137. The fourth-order valence-electron chi connectivity index (χ4n) is 1.57. The summed E-state index contributed by atoms with van der Waals surface area (Å²) in [5.41, 5.74) is -0.693. The molecule has 1 fully saturated rings. The molecule has 1 aliphatic rings. The zero-order valence-corrected chi connectivity index (χ0v) is 8.91. The van der Waals surface area contributed by atoms with Gasteiger partial charge in [-0.25, -0.2) is 0 Å². The molecule has 2 unspecified atom stereocenters. The highest BCUT2D eigenvalue weighted by atomic mass is 19.4. The maximum atomic E-state index is 12.3. The molecule has 0 aliphatic heterocycles. The summed E-state index contributed by atoms with van der Waals surface area (Å²) >= 11 is 0. The van der Waals surface area contributed by atoms with Gasteiger partial charge in [-0.05, 0) is 30.7 Å². The molecule has 1 aromatic carbocycles. The van der Waals surface area contributed by atoms with Gasteiger partial charge in [0.2, 0.25) is 0 Å². The Balaban J connectivity index is 1.88. The Hall–Kier alpha value is -1.52. The van der Waals surface area contributed by atoms with E-state index in [0.717, 1.165) is 24.8 Å². The Labute approximate surface area is 96.4 Å². The summed E-state index contributed by atoms with van der Waals surface area (Å²) in [5.74, 6) is 0.675. The number of rotatable bonds is 4. The third-order valence-electron chi connectivity index (χ3n) is 2.80. The minimum atomic E-state index is -4.32. The second kappa shape index (κ2) is 4.39. The van der Waals surface area contributed by atoms with Crippen LogP contribution in [-0.4, -0.2) is 12.9 Å². The van der Waals surface area contributed by atoms with Crippen LogP contribution in [0, 0.1) is 11.8 Å². The molecular formula is C12H11F3O2. The highest BCUT2D eigenvalue weighted by Gasteiger charge is 2.37. The van der Waals surface area contributed by atoms with E-state index in [1.165, 1.54) is 12.1 Å². The number of carbonyl (C=O) groups is 1. The molecule has 0 bridgehead atoms. The zero-order chi connectivity index (χ0) is 12.5. The molecule has 0 saturated heterocycles. The van der Waals surface area contributed by atoms with Gasteiger partial charge in [0.25, 0.3) is 0 Å². The van der Waals surface area contributed by atoms with Gasteiger partial charge in [0.05, 0.1) is 12.2 Å². The molecule has 0 radical (unpaired) electrons. The van der Waals surface area contributed by atoms with E-state index < -0.39 is 11.7 Å². The molecule has 0 heterocycles. The molecule has 1 saturated carbocycles. The lowest BCUT2D eigenvalue weighted by Crippen LogP contribution is -2.05. The van der Waals surface area contributed by atoms with Crippen LogP contribution in [-0.2, 0) is 11.0 Å². The van der Waals surface area contributed by atoms with Gasteiger partial charge in [-0.3, -0.25) is 0 Å². The van der Waals surface area contributed by atoms with Gasteiger partial charge in [-0.15, -0.1) is 0 Å². The first kappa shape index (κ1) is 12.0. The van der Waals surface area contributed by atoms with E-state index in [9.17, 15) is 18.0 Å². The molecular weight excluding hydrogens is 233 g/mol. The predicted octanol–water partition coefficient (Wildman–Crippen LogP) is 2.92. The fourth-order valence-corrected chi connectivity index (χ4v) is 1.57. The lowest BCUT2D eigenvalue weighted by Gasteiger charge is -2.08. The molecule has 2 nitrogen and oxygen atoms in total. The molecule has 1 aromatic rings. The van der Waals surface area contributed by atoms with Crippen LogP contribution in [0.25, 0.3) is 0 Å². The average molecular weight is 244 g/mol. The van der Waals surface area contributed by atoms with E-state index in [-0.39, 0.29) is 11.8 Å². The van der Waals surface area contributed by atoms with Crippen molar-refractivity contribution < 1.29 is 22.7 Å². The van der Waals surface area contributed by atoms with E-state index in [0.29, 0.717) is 12.4 Å². The smallest absolute Gasteiger partial charge is 0.416 e. The number of hydrogen-bond donors (Lipinski definition) is 0. The Kier molecular flexibility index (Phi) is 3.09. The predicted molar refractivity (Wildman–Crippen MR) is 54.6 cm³/mol. The van der Waals surface area contributed by atoms with Gasteiger partial charge in [-0.2, -0.15) is 13.2 Å². The van der Waals surface area contributed by atoms with Crippen LogP contribution in [0.1, 0.15) is 12.0 Å². The molecule has 2 rings (SSSR count). The van der Waals surface area contributed by atoms with Crippen LogP contribution in [0.4, 0.5) is 13.2 Å². The van der Waals surface area contributed by atoms with Crippen molar-refractivity contribution in [3.8, 4) is 5.75 Å². The molecule has 0 amide bonds. The number of hydrogen-bond acceptors (Lipinski definition) is 2. The van der Waals surface area contributed by atoms with E-state index in [1.807, 2.05) is 0 Å². The maximum Gasteiger partial charge on any atom is 0.416 e. The molecule has 0 N–H and O–H groups in total. The van der Waals surface area contributed by atoms with Crippen LogP contribution < -0.4 is 4.74 Å². The summed E-state index contributed by atoms with van der Waals surface area (Å²) in [5, 5.41) is 0. The van der Waals surface area contributed by atoms with Gasteiger partial charge in [-0.1, -0.05) is 0 Å². The van der Waals surface area contributed by atoms with Gasteiger partial charge in [0.15, 0.2) is 0 Å². The number of benzene rings is 1. The number of halogens is 3. The summed E-state index contributed by atoms with van der Waals surface area (Å²) in [4.78, 5) is 10.4. The fraction of sp³-hybridized carbons (Fsp3) is 0.417. The normalized spacial score (nSPS) is 23.2. The molecule has 0 spiro atoms. The Morgan fingerprint density at radius 2 is 1.94 bits per heavy atom. The lowest BCUT2D eigenvalue weighted by atomic mass is 10.2. The highest BCUT2D eigenvalue weighted by molar-refractivity contribution is 5.58. The van der Waals surface area contributed by atoms with E-state index in [2.05, 4.69) is 0 Å². The van der Waals surface area contributed by atoms with Crippen LogP contribution in [0.2, 0.25) is 0 Å². The second-order valence-corrected chi connectivity index (χ2v) is 4.13. The van der Waals surface area contributed by atoms with Crippen molar-refractivity contribution in [3.05, 3.63) is 29.8 Å². The quantitative estimate of drug-likeness (QED) is 0.761. The molecule has 0 aromatic heterocycles. The second-order valence-electron chi connectivity index (χ2n) is 4.13. The molecule has 2 atom stereocenters. The first-order valence-corrected chi connectivity index (χ1v) is 5.26. The van der Waals surface area contributed by atoms with Gasteiger partial charge in [0.1, 0.15) is 12.0 Å². The SMILES string of the molecule is O=CC1CC1COc1ccc(C(F)(F)F)cc1. The van der Waals surface area contributed by atoms with Gasteiger partial charge in [0, 0.05) is 11.8 Å². The Bertz CT molecular complexity index is 397. The first-order chi connectivity index (χ1) is 8.00. The van der Waals surface area contributed by atoms with Crippen LogP contribution in [0.3, 0.4) is 0 Å². The number of carbonyl (C=O) groups excluding carboxylic acids is 1. The summed E-state index contributed by atoms with van der Waals surface area (Å²) < 4.78 is 42.1. The van der Waals surface area contributed by atoms with Crippen molar-refractivity contribution in [2.45, 2.75) is 12.6 Å². The van der Waals surface area contributed by atoms with Gasteiger partial charge < -0.3 is 9.53 Å². The van der Waals surface area contributed by atoms with Crippen LogP contribution >= 0.6 is 0 Å². The van der Waals surface area contributed by atoms with Crippen molar-refractivity contribution >= 4 is 6.29 Å². The van der Waals surface area contributed by atoms with Crippen molar-refractivity contribution in [1.29, 1.82) is 0 Å². The number of aldehydes is 1. The zero-order valence-electron chi connectivity index (χ0n) is 8.91. The number of ether oxygens (including phenoxy) is 1. The minimum Gasteiger partial charge on any atom is -0.493 e. The first-order valence-electron chi connectivity index (χ1n) is 5.26. The topological polar surface area (TPSA) is 26.3 Å². The molecule has 5 heteroatoms. The van der Waals surface area contributed by atoms with Crippen LogP contribution in [0.15, 0.2) is 24.3 Å². The summed E-state index contributed by atoms with van der Waals surface area (Å²) in [6, 6.07) is 4.56. The van der Waals surface area contributed by atoms with Crippen molar-refractivity contribution in [2.75, 3.05) is 6.61 Å². The van der Waals surface area contributed by atoms with Crippen molar-refractivity contribution in [2.24, 2.45) is 11.8 Å². The largest absolute Gasteiger partial charge is 0.493 e. The maximum absolute atomic E-state index is 12.3. The Morgan fingerprint density at radius 3 is 2.41 bits per heavy atom. The van der Waals surface area contributed by atoms with E-state index >= 15 is 0 Å². The van der Waals surface area contributed by atoms with Gasteiger partial charge >= 0.3 is 6.18 Å². The summed E-state index contributed by atoms with van der Waals surface area (Å²) in [6.07, 6.45) is -2.62. The van der Waals surface area contributed by atoms with Crippen molar-refractivity contribution in [3.63, 3.8) is 0 Å². The Morgan fingerprint density at radius 1 is 1.29 bits per heavy atom. The highest BCUT2D eigenvalue weighted by Crippen LogP contribution is 2.37.